The first-order valence-electron chi connectivity index (χ1n) is 3.84. The Morgan fingerprint density at radius 3 is 2.82 bits per heavy atom. The lowest BCUT2D eigenvalue weighted by Crippen LogP contribution is -2.14. The summed E-state index contributed by atoms with van der Waals surface area (Å²) in [6.07, 6.45) is 1.83. The number of hydrogen-bond donors (Lipinski definition) is 1. The Balaban J connectivity index is 2.93. The van der Waals surface area contributed by atoms with Crippen LogP contribution in [0.15, 0.2) is 18.3 Å². The van der Waals surface area contributed by atoms with Crippen LogP contribution in [-0.2, 0) is 0 Å². The fourth-order valence-electron chi connectivity index (χ4n) is 1.09. The number of nitrogens with zero attached hydrogens (tertiary/aromatic N) is 1. The first-order valence-corrected chi connectivity index (χ1v) is 3.84. The third-order valence-electron chi connectivity index (χ3n) is 1.89. The second-order valence-corrected chi connectivity index (χ2v) is 2.72. The molecule has 2 nitrogen and oxygen atoms in total. The largest absolute Gasteiger partial charge is 0.312 e. The Morgan fingerprint density at radius 1 is 1.55 bits per heavy atom. The van der Waals surface area contributed by atoms with Gasteiger partial charge in [-0.1, -0.05) is 6.07 Å². The molecule has 0 aliphatic carbocycles. The van der Waals surface area contributed by atoms with E-state index in [1.807, 2.05) is 19.3 Å². The maximum absolute atomic E-state index is 4.29. The van der Waals surface area contributed by atoms with Crippen LogP contribution in [0.2, 0.25) is 0 Å². The van der Waals surface area contributed by atoms with Gasteiger partial charge in [0.15, 0.2) is 0 Å². The SMILES string of the molecule is CN[C@H](C)c1ncccc1C. The third-order valence-corrected chi connectivity index (χ3v) is 1.89. The van der Waals surface area contributed by atoms with E-state index in [9.17, 15) is 0 Å². The summed E-state index contributed by atoms with van der Waals surface area (Å²) in [5.74, 6) is 0. The second kappa shape index (κ2) is 3.49. The smallest absolute Gasteiger partial charge is 0.0599 e. The van der Waals surface area contributed by atoms with Crippen molar-refractivity contribution >= 4 is 0 Å². The van der Waals surface area contributed by atoms with E-state index in [-0.39, 0.29) is 0 Å². The highest BCUT2D eigenvalue weighted by Crippen LogP contribution is 2.12. The quantitative estimate of drug-likeness (QED) is 0.693. The van der Waals surface area contributed by atoms with Gasteiger partial charge >= 0.3 is 0 Å². The van der Waals surface area contributed by atoms with E-state index in [4.69, 9.17) is 0 Å². The number of nitrogens with one attached hydrogen (secondary N) is 1. The fourth-order valence-corrected chi connectivity index (χ4v) is 1.09. The summed E-state index contributed by atoms with van der Waals surface area (Å²) in [4.78, 5) is 4.29. The average Bonchev–Trinajstić information content (AvgIpc) is 2.04. The van der Waals surface area contributed by atoms with Gasteiger partial charge in [-0.2, -0.15) is 0 Å². The molecule has 1 N–H and O–H groups in total. The number of pyridine rings is 1. The zero-order chi connectivity index (χ0) is 8.27. The predicted octanol–water partition coefficient (Wildman–Crippen LogP) is 1.67. The maximum atomic E-state index is 4.29. The van der Waals surface area contributed by atoms with E-state index in [0.717, 1.165) is 5.69 Å². The number of rotatable bonds is 2. The molecule has 0 saturated carbocycles. The molecule has 2 heteroatoms. The molecule has 0 amide bonds. The standard InChI is InChI=1S/C9H14N2/c1-7-5-4-6-11-9(7)8(2)10-3/h4-6,8,10H,1-3H3/t8-/m1/s1. The van der Waals surface area contributed by atoms with Crippen molar-refractivity contribution in [3.8, 4) is 0 Å². The molecule has 11 heavy (non-hydrogen) atoms. The summed E-state index contributed by atoms with van der Waals surface area (Å²) < 4.78 is 0. The molecule has 0 unspecified atom stereocenters. The van der Waals surface area contributed by atoms with E-state index in [0.29, 0.717) is 6.04 Å². The van der Waals surface area contributed by atoms with Gasteiger partial charge in [0.2, 0.25) is 0 Å². The molecule has 60 valence electrons. The summed E-state index contributed by atoms with van der Waals surface area (Å²) >= 11 is 0. The van der Waals surface area contributed by atoms with Crippen LogP contribution in [0.4, 0.5) is 0 Å². The first-order chi connectivity index (χ1) is 5.25. The van der Waals surface area contributed by atoms with Crippen LogP contribution in [-0.4, -0.2) is 12.0 Å². The van der Waals surface area contributed by atoms with Gasteiger partial charge in [-0.3, -0.25) is 4.98 Å². The molecule has 0 fully saturated rings. The minimum absolute atomic E-state index is 0.344. The summed E-state index contributed by atoms with van der Waals surface area (Å²) in [6, 6.07) is 4.38. The Bertz CT molecular complexity index is 233. The summed E-state index contributed by atoms with van der Waals surface area (Å²) in [6.45, 7) is 4.19. The van der Waals surface area contributed by atoms with Crippen molar-refractivity contribution in [3.05, 3.63) is 29.6 Å². The van der Waals surface area contributed by atoms with Crippen LogP contribution in [0, 0.1) is 6.92 Å². The lowest BCUT2D eigenvalue weighted by Gasteiger charge is -2.11. The lowest BCUT2D eigenvalue weighted by atomic mass is 10.1. The van der Waals surface area contributed by atoms with E-state index in [1.54, 1.807) is 0 Å². The van der Waals surface area contributed by atoms with Crippen molar-refractivity contribution in [3.63, 3.8) is 0 Å². The highest BCUT2D eigenvalue weighted by atomic mass is 14.9. The van der Waals surface area contributed by atoms with Gasteiger partial charge < -0.3 is 5.32 Å². The van der Waals surface area contributed by atoms with E-state index < -0.39 is 0 Å². The fraction of sp³-hybridized carbons (Fsp3) is 0.444. The molecule has 1 rings (SSSR count). The van der Waals surface area contributed by atoms with Gasteiger partial charge in [-0.15, -0.1) is 0 Å². The second-order valence-electron chi connectivity index (χ2n) is 2.72. The molecule has 0 saturated heterocycles. The highest BCUT2D eigenvalue weighted by molar-refractivity contribution is 5.20. The van der Waals surface area contributed by atoms with Gasteiger partial charge in [-0.25, -0.2) is 0 Å². The lowest BCUT2D eigenvalue weighted by molar-refractivity contribution is 0.628. The van der Waals surface area contributed by atoms with Crippen molar-refractivity contribution in [1.82, 2.24) is 10.3 Å². The minimum Gasteiger partial charge on any atom is -0.312 e. The molecule has 0 aromatic carbocycles. The van der Waals surface area contributed by atoms with Crippen molar-refractivity contribution in [2.75, 3.05) is 7.05 Å². The first kappa shape index (κ1) is 8.21. The van der Waals surface area contributed by atoms with Crippen molar-refractivity contribution < 1.29 is 0 Å². The molecule has 0 spiro atoms. The van der Waals surface area contributed by atoms with Gasteiger partial charge in [0.1, 0.15) is 0 Å². The van der Waals surface area contributed by atoms with Crippen LogP contribution in [0.25, 0.3) is 0 Å². The Labute approximate surface area is 67.7 Å². The van der Waals surface area contributed by atoms with E-state index in [1.165, 1.54) is 5.56 Å². The molecule has 0 aliphatic heterocycles. The zero-order valence-electron chi connectivity index (χ0n) is 7.26. The molecule has 1 heterocycles. The van der Waals surface area contributed by atoms with Crippen molar-refractivity contribution in [2.24, 2.45) is 0 Å². The van der Waals surface area contributed by atoms with E-state index in [2.05, 4.69) is 30.2 Å². The average molecular weight is 150 g/mol. The molecule has 1 aromatic rings. The third kappa shape index (κ3) is 1.77. The van der Waals surface area contributed by atoms with Gasteiger partial charge in [0.05, 0.1) is 5.69 Å². The van der Waals surface area contributed by atoms with Gasteiger partial charge in [0.25, 0.3) is 0 Å². The maximum Gasteiger partial charge on any atom is 0.0599 e. The van der Waals surface area contributed by atoms with Crippen molar-refractivity contribution in [1.29, 1.82) is 0 Å². The molecule has 1 aromatic heterocycles. The summed E-state index contributed by atoms with van der Waals surface area (Å²) in [5, 5.41) is 3.16. The van der Waals surface area contributed by atoms with Crippen LogP contribution in [0.3, 0.4) is 0 Å². The Hall–Kier alpha value is -0.890. The molecular formula is C9H14N2. The van der Waals surface area contributed by atoms with Gasteiger partial charge in [-0.05, 0) is 32.5 Å². The van der Waals surface area contributed by atoms with Gasteiger partial charge in [0, 0.05) is 12.2 Å². The number of hydrogen-bond acceptors (Lipinski definition) is 2. The summed E-state index contributed by atoms with van der Waals surface area (Å²) in [5.41, 5.74) is 2.38. The molecule has 0 radical (unpaired) electrons. The van der Waals surface area contributed by atoms with Crippen LogP contribution in [0.5, 0.6) is 0 Å². The molecular weight excluding hydrogens is 136 g/mol. The number of aryl methyl sites for hydroxylation is 1. The zero-order valence-corrected chi connectivity index (χ0v) is 7.26. The van der Waals surface area contributed by atoms with Crippen LogP contribution < -0.4 is 5.32 Å². The highest BCUT2D eigenvalue weighted by Gasteiger charge is 2.04. The number of aromatic nitrogens is 1. The monoisotopic (exact) mass is 150 g/mol. The molecule has 0 bridgehead atoms. The molecule has 0 aliphatic rings. The normalized spacial score (nSPS) is 13.0. The Kier molecular flexibility index (Phi) is 2.60. The van der Waals surface area contributed by atoms with Crippen LogP contribution in [0.1, 0.15) is 24.2 Å². The minimum atomic E-state index is 0.344. The molecule has 1 atom stereocenters. The Morgan fingerprint density at radius 2 is 2.27 bits per heavy atom. The van der Waals surface area contributed by atoms with Crippen LogP contribution >= 0.6 is 0 Å². The summed E-state index contributed by atoms with van der Waals surface area (Å²) in [7, 11) is 1.94. The van der Waals surface area contributed by atoms with E-state index >= 15 is 0 Å². The predicted molar refractivity (Wildman–Crippen MR) is 46.4 cm³/mol. The topological polar surface area (TPSA) is 24.9 Å². The van der Waals surface area contributed by atoms with Crippen molar-refractivity contribution in [2.45, 2.75) is 19.9 Å².